The van der Waals surface area contributed by atoms with Gasteiger partial charge in [0, 0.05) is 12.6 Å². The molecule has 0 saturated carbocycles. The Bertz CT molecular complexity index is 383. The second-order valence-corrected chi connectivity index (χ2v) is 3.83. The van der Waals surface area contributed by atoms with Crippen LogP contribution in [0, 0.1) is 0 Å². The summed E-state index contributed by atoms with van der Waals surface area (Å²) in [7, 11) is 3.63. The summed E-state index contributed by atoms with van der Waals surface area (Å²) in [5.41, 5.74) is 2.35. The van der Waals surface area contributed by atoms with E-state index in [4.69, 9.17) is 0 Å². The number of likely N-dealkylation sites (N-methyl/N-ethyl adjacent to an activating group) is 1. The van der Waals surface area contributed by atoms with Gasteiger partial charge in [0.05, 0.1) is 12.2 Å². The third-order valence-corrected chi connectivity index (χ3v) is 2.66. The molecule has 0 unspecified atom stereocenters. The molecule has 0 aliphatic heterocycles. The zero-order valence-electron chi connectivity index (χ0n) is 9.13. The Kier molecular flexibility index (Phi) is 2.73. The first-order valence-corrected chi connectivity index (χ1v) is 5.21. The molecule has 1 aromatic heterocycles. The predicted molar refractivity (Wildman–Crippen MR) is 57.8 cm³/mol. The molecular weight excluding hydrogens is 192 g/mol. The van der Waals surface area contributed by atoms with Crippen LogP contribution >= 0.6 is 0 Å². The van der Waals surface area contributed by atoms with Gasteiger partial charge in [-0.25, -0.2) is 0 Å². The van der Waals surface area contributed by atoms with Gasteiger partial charge < -0.3 is 10.6 Å². The van der Waals surface area contributed by atoms with Gasteiger partial charge in [0.2, 0.25) is 5.91 Å². The van der Waals surface area contributed by atoms with E-state index in [1.807, 2.05) is 7.05 Å². The molecule has 0 fully saturated rings. The zero-order chi connectivity index (χ0) is 10.8. The van der Waals surface area contributed by atoms with Gasteiger partial charge in [-0.15, -0.1) is 0 Å². The second-order valence-electron chi connectivity index (χ2n) is 3.83. The largest absolute Gasteiger partial charge is 0.311 e. The summed E-state index contributed by atoms with van der Waals surface area (Å²) in [6.45, 7) is 0.333. The quantitative estimate of drug-likeness (QED) is 0.739. The molecule has 5 nitrogen and oxygen atoms in total. The second kappa shape index (κ2) is 4.02. The van der Waals surface area contributed by atoms with E-state index in [1.165, 1.54) is 5.56 Å². The van der Waals surface area contributed by atoms with Crippen LogP contribution in [-0.2, 0) is 24.7 Å². The topological polar surface area (TPSA) is 59.0 Å². The van der Waals surface area contributed by atoms with E-state index >= 15 is 0 Å². The highest BCUT2D eigenvalue weighted by Crippen LogP contribution is 2.27. The minimum atomic E-state index is -0.0183. The molecule has 1 aliphatic carbocycles. The number of carbonyl (C=O) groups is 1. The van der Waals surface area contributed by atoms with Gasteiger partial charge in [0.25, 0.3) is 0 Å². The van der Waals surface area contributed by atoms with Crippen LogP contribution < -0.4 is 10.6 Å². The van der Waals surface area contributed by atoms with Gasteiger partial charge in [-0.05, 0) is 26.3 Å². The number of nitrogens with zero attached hydrogens (tertiary/aromatic N) is 2. The van der Waals surface area contributed by atoms with E-state index in [1.54, 1.807) is 11.7 Å². The molecule has 1 amide bonds. The van der Waals surface area contributed by atoms with E-state index in [9.17, 15) is 4.79 Å². The van der Waals surface area contributed by atoms with Gasteiger partial charge in [0.1, 0.15) is 5.82 Å². The standard InChI is InChI=1S/C10H16N4O/c1-11-6-9(15)12-10-7-4-3-5-8(7)13-14(10)2/h11H,3-6H2,1-2H3,(H,12,15). The number of carbonyl (C=O) groups excluding carboxylic acids is 1. The Hall–Kier alpha value is -1.36. The van der Waals surface area contributed by atoms with Crippen molar-refractivity contribution in [1.82, 2.24) is 15.1 Å². The minimum Gasteiger partial charge on any atom is -0.311 e. The van der Waals surface area contributed by atoms with Crippen LogP contribution in [0.4, 0.5) is 5.82 Å². The maximum absolute atomic E-state index is 11.4. The molecule has 0 bridgehead atoms. The Balaban J connectivity index is 2.17. The molecular formula is C10H16N4O. The van der Waals surface area contributed by atoms with Crippen molar-refractivity contribution in [2.75, 3.05) is 18.9 Å². The van der Waals surface area contributed by atoms with Crippen LogP contribution in [0.2, 0.25) is 0 Å². The van der Waals surface area contributed by atoms with E-state index < -0.39 is 0 Å². The molecule has 1 aromatic rings. The predicted octanol–water partition coefficient (Wildman–Crippen LogP) is 0.0667. The van der Waals surface area contributed by atoms with E-state index in [2.05, 4.69) is 15.7 Å². The first-order valence-electron chi connectivity index (χ1n) is 5.21. The van der Waals surface area contributed by atoms with Crippen molar-refractivity contribution in [1.29, 1.82) is 0 Å². The van der Waals surface area contributed by atoms with Crippen molar-refractivity contribution < 1.29 is 4.79 Å². The molecule has 82 valence electrons. The van der Waals surface area contributed by atoms with Crippen LogP contribution in [0.3, 0.4) is 0 Å². The van der Waals surface area contributed by atoms with Crippen molar-refractivity contribution in [3.05, 3.63) is 11.3 Å². The number of rotatable bonds is 3. The first-order chi connectivity index (χ1) is 7.22. The fourth-order valence-electron chi connectivity index (χ4n) is 2.01. The molecule has 0 spiro atoms. The third-order valence-electron chi connectivity index (χ3n) is 2.66. The highest BCUT2D eigenvalue weighted by atomic mass is 16.2. The Morgan fingerprint density at radius 1 is 1.53 bits per heavy atom. The minimum absolute atomic E-state index is 0.0183. The van der Waals surface area contributed by atoms with E-state index in [-0.39, 0.29) is 5.91 Å². The summed E-state index contributed by atoms with van der Waals surface area (Å²) in [5, 5.41) is 10.1. The van der Waals surface area contributed by atoms with Crippen molar-refractivity contribution in [3.8, 4) is 0 Å². The molecule has 2 N–H and O–H groups in total. The average molecular weight is 208 g/mol. The van der Waals surface area contributed by atoms with Crippen LogP contribution in [0.5, 0.6) is 0 Å². The lowest BCUT2D eigenvalue weighted by Gasteiger charge is -2.06. The number of fused-ring (bicyclic) bond motifs is 1. The summed E-state index contributed by atoms with van der Waals surface area (Å²) < 4.78 is 1.76. The Morgan fingerprint density at radius 2 is 2.33 bits per heavy atom. The summed E-state index contributed by atoms with van der Waals surface area (Å²) in [6.07, 6.45) is 3.21. The fourth-order valence-corrected chi connectivity index (χ4v) is 2.01. The molecule has 0 atom stereocenters. The maximum Gasteiger partial charge on any atom is 0.239 e. The third kappa shape index (κ3) is 1.87. The molecule has 15 heavy (non-hydrogen) atoms. The lowest BCUT2D eigenvalue weighted by molar-refractivity contribution is -0.115. The summed E-state index contributed by atoms with van der Waals surface area (Å²) in [6, 6.07) is 0. The van der Waals surface area contributed by atoms with Gasteiger partial charge in [-0.3, -0.25) is 9.48 Å². The number of aryl methyl sites for hydroxylation is 2. The number of aromatic nitrogens is 2. The number of amides is 1. The van der Waals surface area contributed by atoms with Crippen LogP contribution in [-0.4, -0.2) is 29.3 Å². The van der Waals surface area contributed by atoms with E-state index in [0.717, 1.165) is 30.8 Å². The molecule has 1 heterocycles. The van der Waals surface area contributed by atoms with Crippen LogP contribution in [0.1, 0.15) is 17.7 Å². The van der Waals surface area contributed by atoms with Crippen molar-refractivity contribution in [2.24, 2.45) is 7.05 Å². The monoisotopic (exact) mass is 208 g/mol. The van der Waals surface area contributed by atoms with Crippen molar-refractivity contribution in [3.63, 3.8) is 0 Å². The lowest BCUT2D eigenvalue weighted by Crippen LogP contribution is -2.26. The Labute approximate surface area is 88.8 Å². The summed E-state index contributed by atoms with van der Waals surface area (Å²) >= 11 is 0. The molecule has 0 radical (unpaired) electrons. The average Bonchev–Trinajstić information content (AvgIpc) is 2.71. The fraction of sp³-hybridized carbons (Fsp3) is 0.600. The molecule has 0 aromatic carbocycles. The lowest BCUT2D eigenvalue weighted by atomic mass is 10.2. The maximum atomic E-state index is 11.4. The normalized spacial score (nSPS) is 14.0. The van der Waals surface area contributed by atoms with Gasteiger partial charge in [-0.2, -0.15) is 5.10 Å². The smallest absolute Gasteiger partial charge is 0.239 e. The van der Waals surface area contributed by atoms with Crippen LogP contribution in [0.25, 0.3) is 0 Å². The van der Waals surface area contributed by atoms with Crippen molar-refractivity contribution >= 4 is 11.7 Å². The van der Waals surface area contributed by atoms with Gasteiger partial charge >= 0.3 is 0 Å². The first kappa shape index (κ1) is 10.2. The van der Waals surface area contributed by atoms with Gasteiger partial charge in [-0.1, -0.05) is 0 Å². The van der Waals surface area contributed by atoms with E-state index in [0.29, 0.717) is 6.54 Å². The number of hydrogen-bond donors (Lipinski definition) is 2. The zero-order valence-corrected chi connectivity index (χ0v) is 9.13. The van der Waals surface area contributed by atoms with Crippen LogP contribution in [0.15, 0.2) is 0 Å². The SMILES string of the molecule is CNCC(=O)Nc1c2c(nn1C)CCC2. The van der Waals surface area contributed by atoms with Gasteiger partial charge in [0.15, 0.2) is 0 Å². The highest BCUT2D eigenvalue weighted by molar-refractivity contribution is 5.92. The molecule has 5 heteroatoms. The molecule has 0 saturated heterocycles. The molecule has 1 aliphatic rings. The molecule has 2 rings (SSSR count). The number of anilines is 1. The Morgan fingerprint density at radius 3 is 3.07 bits per heavy atom. The number of nitrogens with one attached hydrogen (secondary N) is 2. The number of hydrogen-bond acceptors (Lipinski definition) is 3. The van der Waals surface area contributed by atoms with Crippen molar-refractivity contribution in [2.45, 2.75) is 19.3 Å². The highest BCUT2D eigenvalue weighted by Gasteiger charge is 2.21. The summed E-state index contributed by atoms with van der Waals surface area (Å²) in [5.74, 6) is 0.845. The summed E-state index contributed by atoms with van der Waals surface area (Å²) in [4.78, 5) is 11.4.